The summed E-state index contributed by atoms with van der Waals surface area (Å²) in [5, 5.41) is 3.11. The number of carbonyl (C=O) groups excluding carboxylic acids is 2. The third kappa shape index (κ3) is 4.84. The monoisotopic (exact) mass is 492 g/mol. The Morgan fingerprint density at radius 2 is 1.94 bits per heavy atom. The van der Waals surface area contributed by atoms with E-state index in [1.54, 1.807) is 4.90 Å². The fraction of sp³-hybridized carbons (Fsp3) is 0.565. The summed E-state index contributed by atoms with van der Waals surface area (Å²) in [6.07, 6.45) is 0.397. The summed E-state index contributed by atoms with van der Waals surface area (Å²) in [5.41, 5.74) is 5.07. The van der Waals surface area contributed by atoms with Crippen molar-refractivity contribution in [3.63, 3.8) is 0 Å². The molecule has 1 unspecified atom stereocenters. The molecule has 1 aromatic carbocycles. The fourth-order valence-electron chi connectivity index (χ4n) is 5.50. The number of aromatic nitrogens is 2. The van der Waals surface area contributed by atoms with Crippen LogP contribution in [0.5, 0.6) is 0 Å². The smallest absolute Gasteiger partial charge is 0.416 e. The van der Waals surface area contributed by atoms with Gasteiger partial charge in [-0.2, -0.15) is 13.2 Å². The van der Waals surface area contributed by atoms with Gasteiger partial charge in [0, 0.05) is 24.5 Å². The van der Waals surface area contributed by atoms with Crippen LogP contribution in [0.1, 0.15) is 31.2 Å². The van der Waals surface area contributed by atoms with Crippen LogP contribution in [0, 0.1) is 5.92 Å². The van der Waals surface area contributed by atoms with Crippen molar-refractivity contribution < 1.29 is 27.5 Å². The Morgan fingerprint density at radius 3 is 2.57 bits per heavy atom. The van der Waals surface area contributed by atoms with Crippen LogP contribution in [0.15, 0.2) is 24.5 Å². The minimum Gasteiger partial charge on any atom is -0.447 e. The largest absolute Gasteiger partial charge is 0.447 e. The van der Waals surface area contributed by atoms with E-state index < -0.39 is 17.6 Å². The number of nitrogens with one attached hydrogen (secondary N) is 1. The lowest BCUT2D eigenvalue weighted by Gasteiger charge is -2.50. The minimum atomic E-state index is -4.50. The molecule has 3 aliphatic rings. The van der Waals surface area contributed by atoms with Crippen molar-refractivity contribution in [2.24, 2.45) is 11.7 Å². The van der Waals surface area contributed by atoms with Crippen molar-refractivity contribution in [2.45, 2.75) is 50.0 Å². The van der Waals surface area contributed by atoms with Crippen molar-refractivity contribution in [3.8, 4) is 0 Å². The molecule has 35 heavy (non-hydrogen) atoms. The number of hydrogen-bond acceptors (Lipinski definition) is 7. The molecule has 2 aromatic rings. The van der Waals surface area contributed by atoms with E-state index in [1.165, 1.54) is 12.4 Å². The summed E-state index contributed by atoms with van der Waals surface area (Å²) in [6, 6.07) is 3.69. The van der Waals surface area contributed by atoms with Gasteiger partial charge in [-0.05, 0) is 49.8 Å². The van der Waals surface area contributed by atoms with Crippen molar-refractivity contribution >= 4 is 28.7 Å². The van der Waals surface area contributed by atoms with Gasteiger partial charge in [0.15, 0.2) is 0 Å². The fourth-order valence-corrected chi connectivity index (χ4v) is 5.50. The molecule has 3 fully saturated rings. The van der Waals surface area contributed by atoms with Crippen LogP contribution in [-0.2, 0) is 15.7 Å². The number of cyclic esters (lactones) is 1. The zero-order valence-electron chi connectivity index (χ0n) is 19.0. The third-order valence-electron chi connectivity index (χ3n) is 7.40. The van der Waals surface area contributed by atoms with E-state index >= 15 is 0 Å². The van der Waals surface area contributed by atoms with Crippen molar-refractivity contribution in [3.05, 3.63) is 30.1 Å². The number of fused-ring (bicyclic) bond motifs is 1. The predicted molar refractivity (Wildman–Crippen MR) is 120 cm³/mol. The van der Waals surface area contributed by atoms with E-state index in [-0.39, 0.29) is 35.9 Å². The van der Waals surface area contributed by atoms with Crippen LogP contribution in [0.2, 0.25) is 0 Å². The number of rotatable bonds is 6. The molecule has 188 valence electrons. The molecule has 1 aliphatic carbocycles. The minimum absolute atomic E-state index is 0.0753. The highest BCUT2D eigenvalue weighted by molar-refractivity contribution is 5.92. The number of nitrogens with two attached hydrogens (primary N) is 1. The second-order valence-electron chi connectivity index (χ2n) is 9.55. The van der Waals surface area contributed by atoms with Crippen molar-refractivity contribution in [1.29, 1.82) is 0 Å². The molecular formula is C23H27F3N6O3. The SMILES string of the molecule is NC(=O)CN(c1ncnc2ccc(C(F)(F)F)cc12)C1CN(C2CCC(C3COC(=O)N3)CC2)C1. The van der Waals surface area contributed by atoms with Crippen LogP contribution in [-0.4, -0.2) is 71.2 Å². The topological polar surface area (TPSA) is 114 Å². The first-order valence-electron chi connectivity index (χ1n) is 11.7. The van der Waals surface area contributed by atoms with Gasteiger partial charge in [-0.1, -0.05) is 0 Å². The zero-order chi connectivity index (χ0) is 24.7. The number of alkyl halides is 3. The molecule has 5 rings (SSSR count). The van der Waals surface area contributed by atoms with Crippen LogP contribution < -0.4 is 16.0 Å². The van der Waals surface area contributed by atoms with E-state index in [1.807, 2.05) is 0 Å². The molecule has 1 saturated carbocycles. The lowest BCUT2D eigenvalue weighted by Crippen LogP contribution is -2.64. The molecule has 12 heteroatoms. The highest BCUT2D eigenvalue weighted by Crippen LogP contribution is 2.37. The maximum absolute atomic E-state index is 13.3. The Balaban J connectivity index is 1.28. The van der Waals surface area contributed by atoms with Gasteiger partial charge < -0.3 is 20.7 Å². The molecule has 0 bridgehead atoms. The van der Waals surface area contributed by atoms with E-state index in [9.17, 15) is 22.8 Å². The van der Waals surface area contributed by atoms with Crippen molar-refractivity contribution in [2.75, 3.05) is 31.1 Å². The van der Waals surface area contributed by atoms with Gasteiger partial charge in [0.05, 0.1) is 29.7 Å². The second-order valence-corrected chi connectivity index (χ2v) is 9.55. The molecule has 0 radical (unpaired) electrons. The highest BCUT2D eigenvalue weighted by Gasteiger charge is 2.41. The number of ether oxygens (including phenoxy) is 1. The van der Waals surface area contributed by atoms with Crippen LogP contribution >= 0.6 is 0 Å². The number of alkyl carbamates (subject to hydrolysis) is 1. The molecule has 2 amide bonds. The van der Waals surface area contributed by atoms with E-state index in [0.29, 0.717) is 37.2 Å². The molecule has 3 N–H and O–H groups in total. The summed E-state index contributed by atoms with van der Waals surface area (Å²) >= 11 is 0. The number of primary amides is 1. The number of benzene rings is 1. The second kappa shape index (κ2) is 9.14. The number of likely N-dealkylation sites (tertiary alicyclic amines) is 1. The molecule has 3 heterocycles. The lowest BCUT2D eigenvalue weighted by atomic mass is 9.80. The van der Waals surface area contributed by atoms with E-state index in [4.69, 9.17) is 10.5 Å². The van der Waals surface area contributed by atoms with E-state index in [2.05, 4.69) is 20.2 Å². The molecule has 0 spiro atoms. The normalized spacial score (nSPS) is 25.7. The lowest BCUT2D eigenvalue weighted by molar-refractivity contribution is -0.137. The Kier molecular flexibility index (Phi) is 6.16. The van der Waals surface area contributed by atoms with Gasteiger partial charge in [-0.25, -0.2) is 14.8 Å². The molecular weight excluding hydrogens is 465 g/mol. The predicted octanol–water partition coefficient (Wildman–Crippen LogP) is 2.29. The number of hydrogen-bond donors (Lipinski definition) is 2. The average molecular weight is 493 g/mol. The van der Waals surface area contributed by atoms with Crippen molar-refractivity contribution in [1.82, 2.24) is 20.2 Å². The maximum atomic E-state index is 13.3. The van der Waals surface area contributed by atoms with Gasteiger partial charge in [-0.15, -0.1) is 0 Å². The maximum Gasteiger partial charge on any atom is 0.416 e. The number of halogens is 3. The zero-order valence-corrected chi connectivity index (χ0v) is 19.0. The quantitative estimate of drug-likeness (QED) is 0.636. The average Bonchev–Trinajstić information content (AvgIpc) is 3.22. The number of nitrogens with zero attached hydrogens (tertiary/aromatic N) is 4. The van der Waals surface area contributed by atoms with Gasteiger partial charge in [0.1, 0.15) is 18.8 Å². The summed E-state index contributed by atoms with van der Waals surface area (Å²) in [5.74, 6) is 0.102. The van der Waals surface area contributed by atoms with Crippen LogP contribution in [0.3, 0.4) is 0 Å². The Bertz CT molecular complexity index is 1120. The molecule has 1 atom stereocenters. The molecule has 2 aliphatic heterocycles. The number of amides is 2. The third-order valence-corrected chi connectivity index (χ3v) is 7.40. The summed E-state index contributed by atoms with van der Waals surface area (Å²) in [6.45, 7) is 1.60. The number of anilines is 1. The van der Waals surface area contributed by atoms with Gasteiger partial charge in [0.2, 0.25) is 5.91 Å². The standard InChI is InChI=1S/C23H27F3N6O3/c24-23(25,26)14-3-6-18-17(7-14)21(29-12-28-18)32(10-20(27)33)16-8-31(9-16)15-4-1-13(2-5-15)19-11-35-22(34)30-19/h3,6-7,12-13,15-16,19H,1-2,4-5,8-11H2,(H2,27,33)(H,30,34). The van der Waals surface area contributed by atoms with Gasteiger partial charge in [0.25, 0.3) is 0 Å². The first-order chi connectivity index (χ1) is 16.7. The van der Waals surface area contributed by atoms with Crippen LogP contribution in [0.4, 0.5) is 23.8 Å². The van der Waals surface area contributed by atoms with Gasteiger partial charge in [-0.3, -0.25) is 9.69 Å². The molecule has 2 saturated heterocycles. The molecule has 9 nitrogen and oxygen atoms in total. The first kappa shape index (κ1) is 23.6. The van der Waals surface area contributed by atoms with E-state index in [0.717, 1.165) is 37.8 Å². The number of carbonyl (C=O) groups is 2. The highest BCUT2D eigenvalue weighted by atomic mass is 19.4. The summed E-state index contributed by atoms with van der Waals surface area (Å²) in [7, 11) is 0. The summed E-state index contributed by atoms with van der Waals surface area (Å²) < 4.78 is 45.0. The Hall–Kier alpha value is -3.15. The molecule has 1 aromatic heterocycles. The Morgan fingerprint density at radius 1 is 1.20 bits per heavy atom. The van der Waals surface area contributed by atoms with Crippen LogP contribution in [0.25, 0.3) is 10.9 Å². The first-order valence-corrected chi connectivity index (χ1v) is 11.7. The summed E-state index contributed by atoms with van der Waals surface area (Å²) in [4.78, 5) is 35.6. The Labute approximate surface area is 199 Å². The van der Waals surface area contributed by atoms with Gasteiger partial charge >= 0.3 is 12.3 Å².